The first-order chi connectivity index (χ1) is 15.1. The molecule has 9 heteroatoms. The molecule has 0 fully saturated rings. The van der Waals surface area contributed by atoms with Crippen LogP contribution < -0.4 is 16.4 Å². The monoisotopic (exact) mass is 414 g/mol. The second-order valence-electron chi connectivity index (χ2n) is 7.23. The molecule has 4 aromatic rings. The number of carbonyl (C=O) groups excluding carboxylic acids is 2. The van der Waals surface area contributed by atoms with E-state index >= 15 is 0 Å². The lowest BCUT2D eigenvalue weighted by Crippen LogP contribution is -2.42. The van der Waals surface area contributed by atoms with Crippen molar-refractivity contribution in [3.05, 3.63) is 87.6 Å². The molecule has 1 aliphatic rings. The number of hydrazine groups is 1. The van der Waals surface area contributed by atoms with E-state index in [-0.39, 0.29) is 11.4 Å². The minimum Gasteiger partial charge on any atom is -0.267 e. The molecule has 31 heavy (non-hydrogen) atoms. The summed E-state index contributed by atoms with van der Waals surface area (Å²) in [4.78, 5) is 37.4. The van der Waals surface area contributed by atoms with E-state index in [1.165, 1.54) is 0 Å². The minimum absolute atomic E-state index is 0.00976. The van der Waals surface area contributed by atoms with Gasteiger partial charge in [-0.15, -0.1) is 0 Å². The van der Waals surface area contributed by atoms with E-state index < -0.39 is 17.4 Å². The van der Waals surface area contributed by atoms with Crippen molar-refractivity contribution >= 4 is 22.6 Å². The van der Waals surface area contributed by atoms with Crippen molar-refractivity contribution in [2.24, 2.45) is 0 Å². The molecule has 2 aromatic carbocycles. The molecule has 0 unspecified atom stereocenters. The second-order valence-corrected chi connectivity index (χ2v) is 7.23. The summed E-state index contributed by atoms with van der Waals surface area (Å²) < 4.78 is 1.79. The van der Waals surface area contributed by atoms with E-state index in [1.807, 2.05) is 30.3 Å². The summed E-state index contributed by atoms with van der Waals surface area (Å²) >= 11 is 0. The van der Waals surface area contributed by atoms with Crippen molar-refractivity contribution in [3.8, 4) is 5.69 Å². The highest BCUT2D eigenvalue weighted by molar-refractivity contribution is 6.05. The number of carbonyl (C=O) groups is 2. The van der Waals surface area contributed by atoms with Gasteiger partial charge < -0.3 is 0 Å². The van der Waals surface area contributed by atoms with E-state index in [1.54, 1.807) is 28.9 Å². The third-order valence-corrected chi connectivity index (χ3v) is 5.35. The number of amides is 2. The largest absolute Gasteiger partial charge is 0.290 e. The van der Waals surface area contributed by atoms with Crippen molar-refractivity contribution < 1.29 is 9.59 Å². The smallest absolute Gasteiger partial charge is 0.267 e. The van der Waals surface area contributed by atoms with Gasteiger partial charge in [0.05, 0.1) is 11.1 Å². The summed E-state index contributed by atoms with van der Waals surface area (Å²) in [6.07, 6.45) is 2.54. The van der Waals surface area contributed by atoms with Crippen LogP contribution in [0.4, 0.5) is 0 Å². The average Bonchev–Trinajstić information content (AvgIpc) is 3.41. The van der Waals surface area contributed by atoms with E-state index in [0.717, 1.165) is 36.2 Å². The van der Waals surface area contributed by atoms with Crippen LogP contribution in [0.1, 0.15) is 38.7 Å². The molecule has 0 saturated heterocycles. The van der Waals surface area contributed by atoms with Crippen molar-refractivity contribution in [2.75, 3.05) is 0 Å². The number of aromatic nitrogens is 4. The Bertz CT molecular complexity index is 1370. The van der Waals surface area contributed by atoms with E-state index in [4.69, 9.17) is 0 Å². The van der Waals surface area contributed by atoms with Gasteiger partial charge in [0.2, 0.25) is 0 Å². The number of H-pyrrole nitrogens is 1. The Kier molecular flexibility index (Phi) is 4.55. The minimum atomic E-state index is -0.639. The molecule has 9 nitrogen and oxygen atoms in total. The zero-order chi connectivity index (χ0) is 21.4. The number of benzene rings is 2. The molecule has 2 heterocycles. The maximum atomic E-state index is 12.8. The lowest BCUT2D eigenvalue weighted by molar-refractivity contribution is 0.0841. The van der Waals surface area contributed by atoms with Crippen LogP contribution >= 0.6 is 0 Å². The average molecular weight is 414 g/mol. The molecule has 0 radical (unpaired) electrons. The fourth-order valence-corrected chi connectivity index (χ4v) is 3.92. The summed E-state index contributed by atoms with van der Waals surface area (Å²) in [5.41, 5.74) is 7.49. The normalized spacial score (nSPS) is 12.5. The number of aromatic amines is 1. The number of hydrogen-bond acceptors (Lipinski definition) is 5. The number of nitrogens with zero attached hydrogens (tertiary/aromatic N) is 3. The molecule has 0 aliphatic heterocycles. The second kappa shape index (κ2) is 7.52. The van der Waals surface area contributed by atoms with Crippen molar-refractivity contribution in [1.29, 1.82) is 0 Å². The zero-order valence-corrected chi connectivity index (χ0v) is 16.4. The summed E-state index contributed by atoms with van der Waals surface area (Å²) in [5, 5.41) is 11.4. The predicted octanol–water partition coefficient (Wildman–Crippen LogP) is 1.67. The van der Waals surface area contributed by atoms with Gasteiger partial charge in [-0.2, -0.15) is 10.2 Å². The maximum absolute atomic E-state index is 12.8. The van der Waals surface area contributed by atoms with Crippen LogP contribution in [0.25, 0.3) is 16.5 Å². The third-order valence-electron chi connectivity index (χ3n) is 5.35. The van der Waals surface area contributed by atoms with Crippen LogP contribution in [0.5, 0.6) is 0 Å². The summed E-state index contributed by atoms with van der Waals surface area (Å²) in [5.74, 6) is -1.14. The molecular formula is C22H18N6O3. The van der Waals surface area contributed by atoms with Gasteiger partial charge in [-0.05, 0) is 37.5 Å². The van der Waals surface area contributed by atoms with Crippen LogP contribution in [-0.4, -0.2) is 31.8 Å². The van der Waals surface area contributed by atoms with Crippen LogP contribution in [0.3, 0.4) is 0 Å². The SMILES string of the molecule is O=C(NNC(=O)c1n[nH]c(=O)c2ccccc12)c1nn(-c2ccccc2)c2c1CCC2. The van der Waals surface area contributed by atoms with Crippen molar-refractivity contribution in [3.63, 3.8) is 0 Å². The zero-order valence-electron chi connectivity index (χ0n) is 16.4. The molecule has 2 aromatic heterocycles. The summed E-state index contributed by atoms with van der Waals surface area (Å²) in [7, 11) is 0. The lowest BCUT2D eigenvalue weighted by Gasteiger charge is -2.08. The molecule has 0 saturated carbocycles. The van der Waals surface area contributed by atoms with Gasteiger partial charge in [0.15, 0.2) is 11.4 Å². The van der Waals surface area contributed by atoms with Crippen LogP contribution in [0, 0.1) is 0 Å². The predicted molar refractivity (Wildman–Crippen MR) is 113 cm³/mol. The Balaban J connectivity index is 1.39. The Labute approximate surface area is 176 Å². The molecule has 3 N–H and O–H groups in total. The van der Waals surface area contributed by atoms with Gasteiger partial charge in [-0.3, -0.25) is 25.2 Å². The van der Waals surface area contributed by atoms with Gasteiger partial charge in [-0.25, -0.2) is 9.78 Å². The fraction of sp³-hybridized carbons (Fsp3) is 0.136. The quantitative estimate of drug-likeness (QED) is 0.440. The van der Waals surface area contributed by atoms with E-state index in [9.17, 15) is 14.4 Å². The standard InChI is InChI=1S/C22H18N6O3/c29-20-15-10-5-4-9-14(15)18(23-24-20)21(30)25-26-22(31)19-16-11-6-12-17(16)28(27-19)13-7-2-1-3-8-13/h1-5,7-10H,6,11-12H2,(H,24,29)(H,25,30)(H,26,31). The van der Waals surface area contributed by atoms with Gasteiger partial charge in [0, 0.05) is 16.6 Å². The molecule has 0 spiro atoms. The molecule has 154 valence electrons. The van der Waals surface area contributed by atoms with Gasteiger partial charge in [0.25, 0.3) is 17.4 Å². The van der Waals surface area contributed by atoms with Gasteiger partial charge in [-0.1, -0.05) is 36.4 Å². The first kappa shape index (κ1) is 18.7. The molecule has 5 rings (SSSR count). The molecular weight excluding hydrogens is 396 g/mol. The highest BCUT2D eigenvalue weighted by Gasteiger charge is 2.27. The van der Waals surface area contributed by atoms with Crippen LogP contribution in [0.2, 0.25) is 0 Å². The fourth-order valence-electron chi connectivity index (χ4n) is 3.92. The van der Waals surface area contributed by atoms with Crippen molar-refractivity contribution in [2.45, 2.75) is 19.3 Å². The van der Waals surface area contributed by atoms with E-state index in [0.29, 0.717) is 10.8 Å². The molecule has 0 atom stereocenters. The summed E-state index contributed by atoms with van der Waals surface area (Å²) in [6, 6.07) is 16.3. The van der Waals surface area contributed by atoms with E-state index in [2.05, 4.69) is 26.1 Å². The number of nitrogens with one attached hydrogen (secondary N) is 3. The summed E-state index contributed by atoms with van der Waals surface area (Å²) in [6.45, 7) is 0. The highest BCUT2D eigenvalue weighted by Crippen LogP contribution is 2.27. The molecule has 1 aliphatic carbocycles. The Morgan fingerprint density at radius 3 is 2.32 bits per heavy atom. The van der Waals surface area contributed by atoms with Crippen molar-refractivity contribution in [1.82, 2.24) is 30.8 Å². The maximum Gasteiger partial charge on any atom is 0.290 e. The van der Waals surface area contributed by atoms with Crippen LogP contribution in [-0.2, 0) is 12.8 Å². The highest BCUT2D eigenvalue weighted by atomic mass is 16.2. The first-order valence-electron chi connectivity index (χ1n) is 9.88. The molecule has 2 amide bonds. The molecule has 0 bridgehead atoms. The van der Waals surface area contributed by atoms with Crippen LogP contribution in [0.15, 0.2) is 59.4 Å². The lowest BCUT2D eigenvalue weighted by atomic mass is 10.1. The Morgan fingerprint density at radius 2 is 1.55 bits per heavy atom. The van der Waals surface area contributed by atoms with Gasteiger partial charge >= 0.3 is 0 Å². The Morgan fingerprint density at radius 1 is 0.871 bits per heavy atom. The number of rotatable bonds is 3. The first-order valence-corrected chi connectivity index (χ1v) is 9.88. The number of fused-ring (bicyclic) bond motifs is 2. The number of hydrogen-bond donors (Lipinski definition) is 3. The topological polar surface area (TPSA) is 122 Å². The third kappa shape index (κ3) is 3.25. The Hall–Kier alpha value is -4.27. The number of para-hydroxylation sites is 1. The van der Waals surface area contributed by atoms with Gasteiger partial charge in [0.1, 0.15) is 0 Å².